The zero-order valence-corrected chi connectivity index (χ0v) is 12.4. The molecule has 0 aromatic carbocycles. The summed E-state index contributed by atoms with van der Waals surface area (Å²) in [7, 11) is 0. The summed E-state index contributed by atoms with van der Waals surface area (Å²) < 4.78 is 9.75. The maximum absolute atomic E-state index is 11.6. The average Bonchev–Trinajstić information content (AvgIpc) is 3.23. The summed E-state index contributed by atoms with van der Waals surface area (Å²) in [6, 6.07) is 6.02. The lowest BCUT2D eigenvalue weighted by Crippen LogP contribution is -2.50. The molecule has 120 valence electrons. The molecular formula is C13H12N4O5S. The SMILES string of the molecule is O=C(CNC(=O)c1ccco1)NNC(=S)NC(=O)c1ccco1. The summed E-state index contributed by atoms with van der Waals surface area (Å²) in [5, 5.41) is 4.51. The second-order valence-corrected chi connectivity index (χ2v) is 4.50. The van der Waals surface area contributed by atoms with E-state index in [-0.39, 0.29) is 23.2 Å². The van der Waals surface area contributed by atoms with Crippen molar-refractivity contribution in [3.8, 4) is 0 Å². The van der Waals surface area contributed by atoms with E-state index < -0.39 is 17.7 Å². The molecule has 0 aliphatic rings. The first kappa shape index (κ1) is 16.2. The van der Waals surface area contributed by atoms with Gasteiger partial charge in [0, 0.05) is 0 Å². The van der Waals surface area contributed by atoms with Gasteiger partial charge in [-0.3, -0.25) is 30.6 Å². The molecule has 3 amide bonds. The Morgan fingerprint density at radius 1 is 0.957 bits per heavy atom. The first-order valence-electron chi connectivity index (χ1n) is 6.31. The third-order valence-corrected chi connectivity index (χ3v) is 2.65. The average molecular weight is 336 g/mol. The van der Waals surface area contributed by atoms with Crippen LogP contribution in [0.15, 0.2) is 45.6 Å². The fraction of sp³-hybridized carbons (Fsp3) is 0.0769. The molecule has 2 aromatic rings. The third-order valence-electron chi connectivity index (χ3n) is 2.44. The van der Waals surface area contributed by atoms with Gasteiger partial charge in [0.15, 0.2) is 16.6 Å². The Morgan fingerprint density at radius 2 is 1.57 bits per heavy atom. The lowest BCUT2D eigenvalue weighted by molar-refractivity contribution is -0.120. The van der Waals surface area contributed by atoms with E-state index in [0.717, 1.165) is 0 Å². The molecule has 0 unspecified atom stereocenters. The number of amides is 3. The smallest absolute Gasteiger partial charge is 0.293 e. The molecular weight excluding hydrogens is 324 g/mol. The normalized spacial score (nSPS) is 9.74. The van der Waals surface area contributed by atoms with Crippen molar-refractivity contribution in [1.82, 2.24) is 21.5 Å². The Labute approximate surface area is 135 Å². The largest absolute Gasteiger partial charge is 0.459 e. The van der Waals surface area contributed by atoms with E-state index in [1.54, 1.807) is 12.1 Å². The number of thiocarbonyl (C=S) groups is 1. The highest BCUT2D eigenvalue weighted by Crippen LogP contribution is 1.99. The van der Waals surface area contributed by atoms with Crippen LogP contribution in [0.3, 0.4) is 0 Å². The number of nitrogens with one attached hydrogen (secondary N) is 4. The van der Waals surface area contributed by atoms with Gasteiger partial charge in [0.2, 0.25) is 0 Å². The Bertz CT molecular complexity index is 696. The molecule has 0 spiro atoms. The monoisotopic (exact) mass is 336 g/mol. The highest BCUT2D eigenvalue weighted by Gasteiger charge is 2.12. The Kier molecular flexibility index (Phi) is 5.47. The molecule has 2 rings (SSSR count). The van der Waals surface area contributed by atoms with Crippen LogP contribution in [0.5, 0.6) is 0 Å². The van der Waals surface area contributed by atoms with Crippen molar-refractivity contribution < 1.29 is 23.2 Å². The van der Waals surface area contributed by atoms with E-state index in [0.29, 0.717) is 0 Å². The lowest BCUT2D eigenvalue weighted by atomic mass is 10.4. The molecule has 4 N–H and O–H groups in total. The van der Waals surface area contributed by atoms with Crippen LogP contribution >= 0.6 is 12.2 Å². The number of hydrogen-bond donors (Lipinski definition) is 4. The second kappa shape index (κ2) is 7.75. The molecule has 0 fully saturated rings. The van der Waals surface area contributed by atoms with Crippen molar-refractivity contribution in [1.29, 1.82) is 0 Å². The summed E-state index contributed by atoms with van der Waals surface area (Å²) in [5.74, 6) is -1.50. The van der Waals surface area contributed by atoms with Crippen LogP contribution in [-0.4, -0.2) is 29.4 Å². The molecule has 0 bridgehead atoms. The highest BCUT2D eigenvalue weighted by atomic mass is 32.1. The predicted molar refractivity (Wildman–Crippen MR) is 81.1 cm³/mol. The maximum Gasteiger partial charge on any atom is 0.293 e. The summed E-state index contributed by atoms with van der Waals surface area (Å²) in [6.07, 6.45) is 2.69. The number of furan rings is 2. The molecule has 0 atom stereocenters. The molecule has 2 aromatic heterocycles. The quantitative estimate of drug-likeness (QED) is 0.455. The van der Waals surface area contributed by atoms with Crippen molar-refractivity contribution in [2.24, 2.45) is 0 Å². The fourth-order valence-corrected chi connectivity index (χ4v) is 1.57. The van der Waals surface area contributed by atoms with Crippen molar-refractivity contribution in [3.05, 3.63) is 48.3 Å². The van der Waals surface area contributed by atoms with Gasteiger partial charge in [0.1, 0.15) is 0 Å². The minimum Gasteiger partial charge on any atom is -0.459 e. The molecule has 0 radical (unpaired) electrons. The molecule has 9 nitrogen and oxygen atoms in total. The van der Waals surface area contributed by atoms with E-state index in [2.05, 4.69) is 21.5 Å². The van der Waals surface area contributed by atoms with Gasteiger partial charge in [-0.05, 0) is 36.5 Å². The van der Waals surface area contributed by atoms with E-state index in [4.69, 9.17) is 21.1 Å². The molecule has 10 heteroatoms. The highest BCUT2D eigenvalue weighted by molar-refractivity contribution is 7.80. The van der Waals surface area contributed by atoms with Gasteiger partial charge < -0.3 is 14.2 Å². The minimum absolute atomic E-state index is 0.0752. The van der Waals surface area contributed by atoms with Crippen LogP contribution in [0.1, 0.15) is 21.1 Å². The molecule has 2 heterocycles. The van der Waals surface area contributed by atoms with Gasteiger partial charge in [-0.15, -0.1) is 0 Å². The summed E-state index contributed by atoms with van der Waals surface area (Å²) in [4.78, 5) is 34.6. The Hall–Kier alpha value is -3.14. The standard InChI is InChI=1S/C13H12N4O5S/c18-10(7-14-11(19)8-3-1-5-21-8)16-17-13(23)15-12(20)9-4-2-6-22-9/h1-6H,7H2,(H,14,19)(H,16,18)(H2,15,17,20,23). The first-order valence-corrected chi connectivity index (χ1v) is 6.72. The van der Waals surface area contributed by atoms with Crippen molar-refractivity contribution in [3.63, 3.8) is 0 Å². The zero-order chi connectivity index (χ0) is 16.7. The lowest BCUT2D eigenvalue weighted by Gasteiger charge is -2.10. The molecule has 0 saturated carbocycles. The van der Waals surface area contributed by atoms with Crippen molar-refractivity contribution in [2.45, 2.75) is 0 Å². The maximum atomic E-state index is 11.6. The van der Waals surface area contributed by atoms with E-state index in [1.165, 1.54) is 24.7 Å². The third kappa shape index (κ3) is 4.97. The van der Waals surface area contributed by atoms with Crippen molar-refractivity contribution in [2.75, 3.05) is 6.54 Å². The van der Waals surface area contributed by atoms with Gasteiger partial charge in [-0.1, -0.05) is 0 Å². The Balaban J connectivity index is 1.67. The van der Waals surface area contributed by atoms with Crippen LogP contribution < -0.4 is 21.5 Å². The molecule has 0 saturated heterocycles. The van der Waals surface area contributed by atoms with Gasteiger partial charge in [-0.2, -0.15) is 0 Å². The van der Waals surface area contributed by atoms with Crippen molar-refractivity contribution >= 4 is 35.1 Å². The second-order valence-electron chi connectivity index (χ2n) is 4.09. The number of hydrazine groups is 1. The summed E-state index contributed by atoms with van der Waals surface area (Å²) in [6.45, 7) is -0.304. The Morgan fingerprint density at radius 3 is 2.13 bits per heavy atom. The van der Waals surface area contributed by atoms with Gasteiger partial charge in [-0.25, -0.2) is 0 Å². The van der Waals surface area contributed by atoms with Crippen LogP contribution in [0, 0.1) is 0 Å². The van der Waals surface area contributed by atoms with Gasteiger partial charge in [0.25, 0.3) is 17.7 Å². The molecule has 23 heavy (non-hydrogen) atoms. The van der Waals surface area contributed by atoms with Gasteiger partial charge >= 0.3 is 0 Å². The number of hydrogen-bond acceptors (Lipinski definition) is 6. The van der Waals surface area contributed by atoms with E-state index >= 15 is 0 Å². The molecule has 0 aliphatic carbocycles. The van der Waals surface area contributed by atoms with Gasteiger partial charge in [0.05, 0.1) is 19.1 Å². The summed E-state index contributed by atoms with van der Waals surface area (Å²) >= 11 is 4.82. The summed E-state index contributed by atoms with van der Waals surface area (Å²) in [5.41, 5.74) is 4.53. The van der Waals surface area contributed by atoms with E-state index in [9.17, 15) is 14.4 Å². The van der Waals surface area contributed by atoms with Crippen LogP contribution in [0.2, 0.25) is 0 Å². The predicted octanol–water partition coefficient (Wildman–Crippen LogP) is -0.0619. The first-order chi connectivity index (χ1) is 11.1. The fourth-order valence-electron chi connectivity index (χ4n) is 1.43. The number of rotatable bonds is 4. The van der Waals surface area contributed by atoms with Crippen LogP contribution in [0.4, 0.5) is 0 Å². The van der Waals surface area contributed by atoms with Crippen LogP contribution in [-0.2, 0) is 4.79 Å². The number of carbonyl (C=O) groups excluding carboxylic acids is 3. The minimum atomic E-state index is -0.570. The topological polar surface area (TPSA) is 126 Å². The van der Waals surface area contributed by atoms with E-state index in [1.807, 2.05) is 0 Å². The zero-order valence-electron chi connectivity index (χ0n) is 11.6. The molecule has 0 aliphatic heterocycles. The van der Waals surface area contributed by atoms with Crippen LogP contribution in [0.25, 0.3) is 0 Å². The number of carbonyl (C=O) groups is 3.